The first-order valence-corrected chi connectivity index (χ1v) is 7.42. The number of halogens is 1. The highest BCUT2D eigenvalue weighted by Crippen LogP contribution is 2.20. The van der Waals surface area contributed by atoms with Gasteiger partial charge in [-0.25, -0.2) is 0 Å². The third kappa shape index (κ3) is 4.90. The second-order valence-electron chi connectivity index (χ2n) is 4.78. The van der Waals surface area contributed by atoms with Crippen molar-refractivity contribution in [3.05, 3.63) is 65.2 Å². The van der Waals surface area contributed by atoms with Gasteiger partial charge in [0.15, 0.2) is 0 Å². The quantitative estimate of drug-likeness (QED) is 0.658. The SMILES string of the molecule is O=C(NCCCc1ccccc1)C(=O)Nc1ccccc1Cl. The van der Waals surface area contributed by atoms with E-state index < -0.39 is 11.8 Å². The minimum Gasteiger partial charge on any atom is -0.348 e. The summed E-state index contributed by atoms with van der Waals surface area (Å²) in [6.45, 7) is 0.448. The highest BCUT2D eigenvalue weighted by molar-refractivity contribution is 6.41. The van der Waals surface area contributed by atoms with E-state index in [0.717, 1.165) is 12.8 Å². The second kappa shape index (κ2) is 8.20. The van der Waals surface area contributed by atoms with Crippen LogP contribution in [0.25, 0.3) is 0 Å². The lowest BCUT2D eigenvalue weighted by Crippen LogP contribution is -2.36. The molecule has 0 aliphatic rings. The van der Waals surface area contributed by atoms with Crippen LogP contribution in [0.1, 0.15) is 12.0 Å². The van der Waals surface area contributed by atoms with Gasteiger partial charge in [0.25, 0.3) is 0 Å². The number of nitrogens with one attached hydrogen (secondary N) is 2. The zero-order chi connectivity index (χ0) is 15.8. The molecule has 5 heteroatoms. The Hall–Kier alpha value is -2.33. The molecule has 2 aromatic carbocycles. The first kappa shape index (κ1) is 16.0. The zero-order valence-electron chi connectivity index (χ0n) is 12.0. The molecular formula is C17H17ClN2O2. The fraction of sp³-hybridized carbons (Fsp3) is 0.176. The van der Waals surface area contributed by atoms with E-state index in [1.165, 1.54) is 5.56 Å². The van der Waals surface area contributed by atoms with Crippen LogP contribution in [0.4, 0.5) is 5.69 Å². The Kier molecular flexibility index (Phi) is 5.98. The van der Waals surface area contributed by atoms with Crippen molar-refractivity contribution in [3.63, 3.8) is 0 Å². The molecule has 0 saturated carbocycles. The summed E-state index contributed by atoms with van der Waals surface area (Å²) in [6.07, 6.45) is 1.63. The molecule has 114 valence electrons. The van der Waals surface area contributed by atoms with Gasteiger partial charge in [-0.3, -0.25) is 9.59 Å². The van der Waals surface area contributed by atoms with E-state index >= 15 is 0 Å². The highest BCUT2D eigenvalue weighted by Gasteiger charge is 2.14. The molecule has 2 amide bonds. The maximum absolute atomic E-state index is 11.7. The largest absolute Gasteiger partial charge is 0.348 e. The molecule has 0 spiro atoms. The van der Waals surface area contributed by atoms with Crippen LogP contribution in [-0.4, -0.2) is 18.4 Å². The first-order valence-electron chi connectivity index (χ1n) is 7.04. The number of carbonyl (C=O) groups excluding carboxylic acids is 2. The maximum Gasteiger partial charge on any atom is 0.313 e. The minimum atomic E-state index is -0.715. The third-order valence-electron chi connectivity index (χ3n) is 3.10. The first-order chi connectivity index (χ1) is 10.7. The van der Waals surface area contributed by atoms with Gasteiger partial charge in [0.05, 0.1) is 10.7 Å². The summed E-state index contributed by atoms with van der Waals surface area (Å²) in [5.41, 5.74) is 1.63. The number of anilines is 1. The van der Waals surface area contributed by atoms with E-state index in [9.17, 15) is 9.59 Å². The normalized spacial score (nSPS) is 10.0. The van der Waals surface area contributed by atoms with Crippen LogP contribution in [0.2, 0.25) is 5.02 Å². The van der Waals surface area contributed by atoms with Crippen molar-refractivity contribution in [2.24, 2.45) is 0 Å². The van der Waals surface area contributed by atoms with Gasteiger partial charge in [-0.15, -0.1) is 0 Å². The summed E-state index contributed by atoms with van der Waals surface area (Å²) in [6, 6.07) is 16.8. The molecule has 22 heavy (non-hydrogen) atoms. The lowest BCUT2D eigenvalue weighted by atomic mass is 10.1. The Balaban J connectivity index is 1.73. The van der Waals surface area contributed by atoms with Crippen LogP contribution in [-0.2, 0) is 16.0 Å². The average molecular weight is 317 g/mol. The fourth-order valence-electron chi connectivity index (χ4n) is 1.96. The summed E-state index contributed by atoms with van der Waals surface area (Å²) in [7, 11) is 0. The molecule has 0 radical (unpaired) electrons. The number of rotatable bonds is 5. The lowest BCUT2D eigenvalue weighted by Gasteiger charge is -2.07. The Morgan fingerprint density at radius 1 is 0.909 bits per heavy atom. The zero-order valence-corrected chi connectivity index (χ0v) is 12.8. The third-order valence-corrected chi connectivity index (χ3v) is 3.43. The predicted octanol–water partition coefficient (Wildman–Crippen LogP) is 3.03. The Morgan fingerprint density at radius 2 is 1.59 bits per heavy atom. The molecular weight excluding hydrogens is 300 g/mol. The number of hydrogen-bond donors (Lipinski definition) is 2. The smallest absolute Gasteiger partial charge is 0.313 e. The van der Waals surface area contributed by atoms with Crippen molar-refractivity contribution in [2.75, 3.05) is 11.9 Å². The summed E-state index contributed by atoms with van der Waals surface area (Å²) in [4.78, 5) is 23.5. The number of aryl methyl sites for hydroxylation is 1. The number of hydrogen-bond acceptors (Lipinski definition) is 2. The van der Waals surface area contributed by atoms with Crippen molar-refractivity contribution in [1.82, 2.24) is 5.32 Å². The van der Waals surface area contributed by atoms with Crippen LogP contribution in [0.5, 0.6) is 0 Å². The van der Waals surface area contributed by atoms with Gasteiger partial charge in [0, 0.05) is 6.54 Å². The summed E-state index contributed by atoms with van der Waals surface area (Å²) >= 11 is 5.92. The molecule has 0 atom stereocenters. The molecule has 2 rings (SSSR count). The van der Waals surface area contributed by atoms with Crippen molar-refractivity contribution in [2.45, 2.75) is 12.8 Å². The van der Waals surface area contributed by atoms with Crippen LogP contribution < -0.4 is 10.6 Å². The van der Waals surface area contributed by atoms with E-state index in [2.05, 4.69) is 10.6 Å². The summed E-state index contributed by atoms with van der Waals surface area (Å²) < 4.78 is 0. The monoisotopic (exact) mass is 316 g/mol. The molecule has 4 nitrogen and oxygen atoms in total. The molecule has 0 bridgehead atoms. The van der Waals surface area contributed by atoms with Crippen molar-refractivity contribution in [1.29, 1.82) is 0 Å². The lowest BCUT2D eigenvalue weighted by molar-refractivity contribution is -0.136. The predicted molar refractivity (Wildman–Crippen MR) is 87.9 cm³/mol. The van der Waals surface area contributed by atoms with Gasteiger partial charge < -0.3 is 10.6 Å². The summed E-state index contributed by atoms with van der Waals surface area (Å²) in [5, 5.41) is 5.48. The van der Waals surface area contributed by atoms with E-state index in [1.807, 2.05) is 30.3 Å². The van der Waals surface area contributed by atoms with Gasteiger partial charge in [-0.05, 0) is 30.5 Å². The van der Waals surface area contributed by atoms with Crippen LogP contribution in [0.15, 0.2) is 54.6 Å². The molecule has 0 aliphatic carbocycles. The topological polar surface area (TPSA) is 58.2 Å². The van der Waals surface area contributed by atoms with Gasteiger partial charge >= 0.3 is 11.8 Å². The van der Waals surface area contributed by atoms with Gasteiger partial charge in [-0.2, -0.15) is 0 Å². The van der Waals surface area contributed by atoms with Crippen molar-refractivity contribution < 1.29 is 9.59 Å². The van der Waals surface area contributed by atoms with Crippen molar-refractivity contribution >= 4 is 29.1 Å². The Morgan fingerprint density at radius 3 is 2.32 bits per heavy atom. The van der Waals surface area contributed by atoms with E-state index in [4.69, 9.17) is 11.6 Å². The number of carbonyl (C=O) groups is 2. The molecule has 0 heterocycles. The molecule has 2 N–H and O–H groups in total. The molecule has 0 fully saturated rings. The van der Waals surface area contributed by atoms with Crippen LogP contribution in [0, 0.1) is 0 Å². The number of benzene rings is 2. The Labute approximate surface area is 134 Å². The average Bonchev–Trinajstić information content (AvgIpc) is 2.54. The molecule has 0 aromatic heterocycles. The van der Waals surface area contributed by atoms with E-state index in [0.29, 0.717) is 17.3 Å². The standard InChI is InChI=1S/C17H17ClN2O2/c18-14-10-4-5-11-15(14)20-17(22)16(21)19-12-6-9-13-7-2-1-3-8-13/h1-5,7-8,10-11H,6,9,12H2,(H,19,21)(H,20,22). The molecule has 0 saturated heterocycles. The summed E-state index contributed by atoms with van der Waals surface area (Å²) in [5.74, 6) is -1.37. The van der Waals surface area contributed by atoms with Crippen LogP contribution in [0.3, 0.4) is 0 Å². The van der Waals surface area contributed by atoms with Crippen LogP contribution >= 0.6 is 11.6 Å². The fourth-order valence-corrected chi connectivity index (χ4v) is 2.14. The van der Waals surface area contributed by atoms with E-state index in [-0.39, 0.29) is 0 Å². The van der Waals surface area contributed by atoms with Crippen molar-refractivity contribution in [3.8, 4) is 0 Å². The maximum atomic E-state index is 11.7. The molecule has 0 unspecified atom stereocenters. The Bertz CT molecular complexity index is 644. The van der Waals surface area contributed by atoms with Gasteiger partial charge in [0.2, 0.25) is 0 Å². The van der Waals surface area contributed by atoms with E-state index in [1.54, 1.807) is 24.3 Å². The second-order valence-corrected chi connectivity index (χ2v) is 5.19. The molecule has 0 aliphatic heterocycles. The minimum absolute atomic E-state index is 0.396. The van der Waals surface area contributed by atoms with Gasteiger partial charge in [-0.1, -0.05) is 54.1 Å². The molecule has 2 aromatic rings. The number of amides is 2. The van der Waals surface area contributed by atoms with Gasteiger partial charge in [0.1, 0.15) is 0 Å². The number of para-hydroxylation sites is 1. The highest BCUT2D eigenvalue weighted by atomic mass is 35.5.